The Labute approximate surface area is 83.9 Å². The molecule has 0 spiro atoms. The molecule has 0 aliphatic rings. The SMILES string of the molecule is [H-].[Na+].[O]=[Cr](=[O])([OH])[O][Cr](=[O])(=[O])[OH]. The summed E-state index contributed by atoms with van der Waals surface area (Å²) in [6.45, 7) is 0. The molecule has 0 rings (SSSR count). The predicted molar refractivity (Wildman–Crippen MR) is 9.38 cm³/mol. The van der Waals surface area contributed by atoms with Crippen molar-refractivity contribution in [1.29, 1.82) is 0 Å². The van der Waals surface area contributed by atoms with E-state index in [1.54, 1.807) is 0 Å². The topological polar surface area (TPSA) is 118 Å². The van der Waals surface area contributed by atoms with E-state index < -0.39 is 27.2 Å². The summed E-state index contributed by atoms with van der Waals surface area (Å²) in [7, 11) is 0. The molecule has 0 radical (unpaired) electrons. The van der Waals surface area contributed by atoms with Crippen LogP contribution in [0.1, 0.15) is 1.43 Å². The summed E-state index contributed by atoms with van der Waals surface area (Å²) in [4.78, 5) is 0. The van der Waals surface area contributed by atoms with Gasteiger partial charge in [0, 0.05) is 0 Å². The molecule has 0 aromatic carbocycles. The van der Waals surface area contributed by atoms with Crippen LogP contribution < -0.4 is 29.6 Å². The van der Waals surface area contributed by atoms with E-state index in [4.69, 9.17) is 8.32 Å². The monoisotopic (exact) mass is 242 g/mol. The van der Waals surface area contributed by atoms with Crippen LogP contribution in [0.25, 0.3) is 0 Å². The molecule has 0 saturated heterocycles. The van der Waals surface area contributed by atoms with Gasteiger partial charge in [0.2, 0.25) is 0 Å². The van der Waals surface area contributed by atoms with Gasteiger partial charge in [-0.05, 0) is 0 Å². The summed E-state index contributed by atoms with van der Waals surface area (Å²) in [5.74, 6) is 0. The quantitative estimate of drug-likeness (QED) is 0.468. The van der Waals surface area contributed by atoms with Gasteiger partial charge in [-0.15, -0.1) is 0 Å². The molecule has 0 aromatic heterocycles. The Morgan fingerprint density at radius 3 is 1.20 bits per heavy atom. The Hall–Kier alpha value is 1.14. The molecule has 7 nitrogen and oxygen atoms in total. The fraction of sp³-hybridized carbons (Fsp3) is 0. The number of hydrogen-bond donors (Lipinski definition) is 2. The molecule has 0 bridgehead atoms. The molecule has 0 amide bonds. The van der Waals surface area contributed by atoms with Gasteiger partial charge in [0.1, 0.15) is 0 Å². The second-order valence-corrected chi connectivity index (χ2v) is 4.68. The van der Waals surface area contributed by atoms with Crippen LogP contribution in [0.2, 0.25) is 0 Å². The van der Waals surface area contributed by atoms with Gasteiger partial charge < -0.3 is 1.43 Å². The molecule has 0 fully saturated rings. The van der Waals surface area contributed by atoms with Crippen molar-refractivity contribution in [3.05, 3.63) is 0 Å². The molecule has 0 aliphatic heterocycles. The first-order valence-corrected chi connectivity index (χ1v) is 5.63. The molecule has 0 aromatic rings. The van der Waals surface area contributed by atoms with Crippen molar-refractivity contribution in [2.75, 3.05) is 0 Å². The molecule has 10 heavy (non-hydrogen) atoms. The van der Waals surface area contributed by atoms with Crippen molar-refractivity contribution >= 4 is 0 Å². The van der Waals surface area contributed by atoms with E-state index in [9.17, 15) is 15.2 Å². The molecule has 0 heterocycles. The van der Waals surface area contributed by atoms with Gasteiger partial charge in [-0.3, -0.25) is 0 Å². The van der Waals surface area contributed by atoms with Gasteiger partial charge in [-0.25, -0.2) is 0 Å². The van der Waals surface area contributed by atoms with Crippen LogP contribution in [-0.2, 0) is 45.3 Å². The van der Waals surface area contributed by atoms with Crippen LogP contribution in [0.4, 0.5) is 0 Å². The van der Waals surface area contributed by atoms with Crippen molar-refractivity contribution < 1.29 is 84.6 Å². The average Bonchev–Trinajstić information content (AvgIpc) is 1.14. The Kier molecular flexibility index (Phi) is 5.82. The van der Waals surface area contributed by atoms with E-state index in [1.165, 1.54) is 0 Å². The molecule has 2 N–H and O–H groups in total. The van der Waals surface area contributed by atoms with Crippen LogP contribution in [-0.4, -0.2) is 8.32 Å². The Balaban J connectivity index is -0.000000320. The van der Waals surface area contributed by atoms with Crippen LogP contribution in [0.15, 0.2) is 0 Å². The standard InChI is InChI=1S/2Cr.Na.2H2O.5O.H/h;;;2*1H2;;;;;;/q3*+1;;;;;;;;-1/p-2. The van der Waals surface area contributed by atoms with Crippen LogP contribution >= 0.6 is 0 Å². The van der Waals surface area contributed by atoms with Crippen molar-refractivity contribution in [3.8, 4) is 0 Å². The van der Waals surface area contributed by atoms with Crippen molar-refractivity contribution in [2.24, 2.45) is 0 Å². The van der Waals surface area contributed by atoms with E-state index in [2.05, 4.69) is 2.84 Å². The summed E-state index contributed by atoms with van der Waals surface area (Å²) < 4.78 is 56.3. The molecule has 0 saturated carbocycles. The Bertz CT molecular complexity index is 242. The van der Waals surface area contributed by atoms with Gasteiger partial charge in [0.25, 0.3) is 0 Å². The fourth-order valence-electron chi connectivity index (χ4n) is 0.109. The zero-order valence-corrected chi connectivity index (χ0v) is 9.30. The second kappa shape index (κ2) is 4.24. The minimum atomic E-state index is -5.76. The van der Waals surface area contributed by atoms with Crippen LogP contribution in [0.3, 0.4) is 0 Å². The predicted octanol–water partition coefficient (Wildman–Crippen LogP) is -4.55. The third kappa shape index (κ3) is 11.9. The van der Waals surface area contributed by atoms with Gasteiger partial charge in [-0.2, -0.15) is 0 Å². The van der Waals surface area contributed by atoms with E-state index in [0.717, 1.165) is 0 Å². The van der Waals surface area contributed by atoms with Crippen molar-refractivity contribution in [1.82, 2.24) is 0 Å². The van der Waals surface area contributed by atoms with E-state index >= 15 is 0 Å². The first kappa shape index (κ1) is 13.7. The van der Waals surface area contributed by atoms with Gasteiger partial charge in [-0.1, -0.05) is 0 Å². The third-order valence-corrected chi connectivity index (χ3v) is 2.92. The number of rotatable bonds is 2. The molecule has 0 aliphatic carbocycles. The second-order valence-electron chi connectivity index (χ2n) is 0.924. The summed E-state index contributed by atoms with van der Waals surface area (Å²) in [5.41, 5.74) is 0. The summed E-state index contributed by atoms with van der Waals surface area (Å²) in [6, 6.07) is 0. The molecule has 58 valence electrons. The number of hydrogen-bond acceptors (Lipinski definition) is 5. The Morgan fingerprint density at radius 2 is 1.20 bits per heavy atom. The first-order valence-electron chi connectivity index (χ1n) is 1.37. The molecule has 10 heteroatoms. The average molecular weight is 242 g/mol. The van der Waals surface area contributed by atoms with Crippen LogP contribution in [0.5, 0.6) is 0 Å². The molecule has 0 unspecified atom stereocenters. The molecule has 0 atom stereocenters. The Morgan fingerprint density at radius 1 is 1.00 bits per heavy atom. The van der Waals surface area contributed by atoms with E-state index in [0.29, 0.717) is 0 Å². The van der Waals surface area contributed by atoms with E-state index in [1.807, 2.05) is 0 Å². The molecular weight excluding hydrogens is 239 g/mol. The van der Waals surface area contributed by atoms with E-state index in [-0.39, 0.29) is 31.0 Å². The first-order chi connectivity index (χ1) is 3.71. The van der Waals surface area contributed by atoms with Gasteiger partial charge >= 0.3 is 83.2 Å². The maximum atomic E-state index is 9.53. The van der Waals surface area contributed by atoms with Crippen molar-refractivity contribution in [2.45, 2.75) is 0 Å². The maximum absolute atomic E-state index is 9.53. The summed E-state index contributed by atoms with van der Waals surface area (Å²) in [5, 5.41) is 0. The van der Waals surface area contributed by atoms with Gasteiger partial charge in [0.05, 0.1) is 0 Å². The third-order valence-electron chi connectivity index (χ3n) is 0.172. The van der Waals surface area contributed by atoms with Crippen LogP contribution in [0, 0.1) is 0 Å². The van der Waals surface area contributed by atoms with Gasteiger partial charge in [0.15, 0.2) is 0 Å². The molecular formula is H3Cr2NaO7. The minimum absolute atomic E-state index is 0. The zero-order valence-electron chi connectivity index (χ0n) is 5.75. The fourth-order valence-corrected chi connectivity index (χ4v) is 1.85. The van der Waals surface area contributed by atoms with Crippen molar-refractivity contribution in [3.63, 3.8) is 0 Å². The zero-order chi connectivity index (χ0) is 7.71. The summed E-state index contributed by atoms with van der Waals surface area (Å²) in [6.07, 6.45) is 0. The summed E-state index contributed by atoms with van der Waals surface area (Å²) >= 11 is -11.5. The normalized spacial score (nSPS) is 12.2.